The maximum absolute atomic E-state index is 12.1. The summed E-state index contributed by atoms with van der Waals surface area (Å²) in [7, 11) is 3.34. The van der Waals surface area contributed by atoms with E-state index in [1.807, 2.05) is 0 Å². The summed E-state index contributed by atoms with van der Waals surface area (Å²) in [5, 5.41) is 10.5. The van der Waals surface area contributed by atoms with Crippen molar-refractivity contribution in [2.75, 3.05) is 11.9 Å². The van der Waals surface area contributed by atoms with E-state index < -0.39 is 5.97 Å². The molecule has 0 aliphatic rings. The van der Waals surface area contributed by atoms with E-state index >= 15 is 0 Å². The third kappa shape index (κ3) is 2.68. The fourth-order valence-electron chi connectivity index (χ4n) is 1.66. The van der Waals surface area contributed by atoms with E-state index in [4.69, 9.17) is 4.74 Å². The second-order valence-electron chi connectivity index (χ2n) is 4.11. The molecule has 0 fully saturated rings. The van der Waals surface area contributed by atoms with E-state index in [0.717, 1.165) is 0 Å². The Balaban J connectivity index is 2.23. The summed E-state index contributed by atoms with van der Waals surface area (Å²) >= 11 is 0. The van der Waals surface area contributed by atoms with E-state index in [9.17, 15) is 9.59 Å². The number of hydrogen-bond acceptors (Lipinski definition) is 5. The van der Waals surface area contributed by atoms with Gasteiger partial charge in [-0.2, -0.15) is 10.2 Å². The number of hydrogen-bond donors (Lipinski definition) is 1. The summed E-state index contributed by atoms with van der Waals surface area (Å²) in [5.41, 5.74) is 0.607. The summed E-state index contributed by atoms with van der Waals surface area (Å²) in [4.78, 5) is 23.8. The molecule has 0 unspecified atom stereocenters. The van der Waals surface area contributed by atoms with Crippen LogP contribution in [-0.4, -0.2) is 38.0 Å². The van der Waals surface area contributed by atoms with Crippen LogP contribution in [0.2, 0.25) is 0 Å². The second-order valence-corrected chi connectivity index (χ2v) is 4.11. The van der Waals surface area contributed by atoms with Crippen LogP contribution in [0.25, 0.3) is 0 Å². The van der Waals surface area contributed by atoms with Crippen LogP contribution >= 0.6 is 0 Å². The first-order valence-electron chi connectivity index (χ1n) is 6.02. The lowest BCUT2D eigenvalue weighted by Crippen LogP contribution is -2.17. The molecule has 1 N–H and O–H groups in total. The van der Waals surface area contributed by atoms with Gasteiger partial charge in [0.15, 0.2) is 0 Å². The van der Waals surface area contributed by atoms with Crippen LogP contribution in [0.15, 0.2) is 18.6 Å². The van der Waals surface area contributed by atoms with Gasteiger partial charge in [0.2, 0.25) is 0 Å². The van der Waals surface area contributed by atoms with Crippen LogP contribution in [0.4, 0.5) is 5.82 Å². The maximum atomic E-state index is 12.1. The zero-order valence-electron chi connectivity index (χ0n) is 11.5. The third-order valence-electron chi connectivity index (χ3n) is 2.63. The Labute approximate surface area is 115 Å². The minimum Gasteiger partial charge on any atom is -0.462 e. The number of carbonyl (C=O) groups excluding carboxylic acids is 2. The van der Waals surface area contributed by atoms with E-state index in [-0.39, 0.29) is 23.9 Å². The normalized spacial score (nSPS) is 10.3. The molecule has 0 spiro atoms. The molecule has 106 valence electrons. The number of esters is 1. The van der Waals surface area contributed by atoms with Crippen molar-refractivity contribution in [1.82, 2.24) is 19.6 Å². The molecule has 2 rings (SSSR count). The Kier molecular flexibility index (Phi) is 3.83. The molecule has 0 saturated heterocycles. The predicted octanol–water partition coefficient (Wildman–Crippen LogP) is 0.583. The van der Waals surface area contributed by atoms with Crippen LogP contribution in [0.1, 0.15) is 27.6 Å². The number of amides is 1. The molecule has 0 saturated carbocycles. The highest BCUT2D eigenvalue weighted by atomic mass is 16.5. The van der Waals surface area contributed by atoms with E-state index in [1.165, 1.54) is 21.8 Å². The SMILES string of the molecule is CCOC(=O)c1cnn(C)c1NC(=O)c1cnn(C)c1. The molecule has 20 heavy (non-hydrogen) atoms. The molecule has 2 aromatic heterocycles. The molecule has 2 aromatic rings. The van der Waals surface area contributed by atoms with Crippen molar-refractivity contribution >= 4 is 17.7 Å². The van der Waals surface area contributed by atoms with Crippen molar-refractivity contribution in [3.05, 3.63) is 29.7 Å². The van der Waals surface area contributed by atoms with Crippen LogP contribution in [-0.2, 0) is 18.8 Å². The molecule has 0 aliphatic heterocycles. The lowest BCUT2D eigenvalue weighted by Gasteiger charge is -2.07. The number of anilines is 1. The van der Waals surface area contributed by atoms with Gasteiger partial charge in [0.25, 0.3) is 5.91 Å². The number of nitrogens with one attached hydrogen (secondary N) is 1. The Morgan fingerprint density at radius 3 is 2.65 bits per heavy atom. The van der Waals surface area contributed by atoms with Gasteiger partial charge in [0.1, 0.15) is 11.4 Å². The van der Waals surface area contributed by atoms with Gasteiger partial charge in [0, 0.05) is 20.3 Å². The maximum Gasteiger partial charge on any atom is 0.343 e. The average molecular weight is 277 g/mol. The molecule has 0 bridgehead atoms. The largest absolute Gasteiger partial charge is 0.462 e. The second kappa shape index (κ2) is 5.55. The van der Waals surface area contributed by atoms with Gasteiger partial charge in [0.05, 0.1) is 24.6 Å². The van der Waals surface area contributed by atoms with Gasteiger partial charge in [-0.25, -0.2) is 4.79 Å². The van der Waals surface area contributed by atoms with Crippen molar-refractivity contribution in [1.29, 1.82) is 0 Å². The minimum absolute atomic E-state index is 0.214. The summed E-state index contributed by atoms with van der Waals surface area (Å²) in [6, 6.07) is 0. The Hall–Kier alpha value is -2.64. The summed E-state index contributed by atoms with van der Waals surface area (Å²) < 4.78 is 7.83. The Morgan fingerprint density at radius 1 is 1.30 bits per heavy atom. The third-order valence-corrected chi connectivity index (χ3v) is 2.63. The highest BCUT2D eigenvalue weighted by molar-refractivity contribution is 6.07. The van der Waals surface area contributed by atoms with Crippen molar-refractivity contribution in [3.8, 4) is 0 Å². The van der Waals surface area contributed by atoms with Crippen LogP contribution in [0.3, 0.4) is 0 Å². The molecule has 0 radical (unpaired) electrons. The highest BCUT2D eigenvalue weighted by Crippen LogP contribution is 2.16. The van der Waals surface area contributed by atoms with Gasteiger partial charge in [-0.3, -0.25) is 14.2 Å². The van der Waals surface area contributed by atoms with Gasteiger partial charge in [-0.05, 0) is 6.92 Å². The monoisotopic (exact) mass is 277 g/mol. The smallest absolute Gasteiger partial charge is 0.343 e. The lowest BCUT2D eigenvalue weighted by molar-refractivity contribution is 0.0527. The van der Waals surface area contributed by atoms with Gasteiger partial charge >= 0.3 is 5.97 Å². The average Bonchev–Trinajstić information content (AvgIpc) is 2.98. The van der Waals surface area contributed by atoms with Crippen LogP contribution < -0.4 is 5.32 Å². The molecule has 8 nitrogen and oxygen atoms in total. The van der Waals surface area contributed by atoms with Gasteiger partial charge < -0.3 is 10.1 Å². The number of carbonyl (C=O) groups is 2. The Morgan fingerprint density at radius 2 is 2.05 bits per heavy atom. The van der Waals surface area contributed by atoms with Gasteiger partial charge in [-0.1, -0.05) is 0 Å². The van der Waals surface area contributed by atoms with Gasteiger partial charge in [-0.15, -0.1) is 0 Å². The van der Waals surface area contributed by atoms with Crippen molar-refractivity contribution in [3.63, 3.8) is 0 Å². The first kappa shape index (κ1) is 13.8. The molecular weight excluding hydrogens is 262 g/mol. The number of nitrogens with zero attached hydrogens (tertiary/aromatic N) is 4. The lowest BCUT2D eigenvalue weighted by atomic mass is 10.3. The predicted molar refractivity (Wildman–Crippen MR) is 70.3 cm³/mol. The summed E-state index contributed by atoms with van der Waals surface area (Å²) in [6.07, 6.45) is 4.38. The quantitative estimate of drug-likeness (QED) is 0.825. The zero-order chi connectivity index (χ0) is 14.7. The van der Waals surface area contributed by atoms with E-state index in [2.05, 4.69) is 15.5 Å². The zero-order valence-corrected chi connectivity index (χ0v) is 11.5. The molecule has 0 atom stereocenters. The molecule has 8 heteroatoms. The van der Waals surface area contributed by atoms with Crippen molar-refractivity contribution < 1.29 is 14.3 Å². The highest BCUT2D eigenvalue weighted by Gasteiger charge is 2.20. The number of aryl methyl sites for hydroxylation is 2. The molecule has 0 aromatic carbocycles. The molecular formula is C12H15N5O3. The number of ether oxygens (including phenoxy) is 1. The number of aromatic nitrogens is 4. The molecule has 2 heterocycles. The first-order chi connectivity index (χ1) is 9.52. The molecule has 1 amide bonds. The van der Waals surface area contributed by atoms with Crippen molar-refractivity contribution in [2.45, 2.75) is 6.92 Å². The van der Waals surface area contributed by atoms with Crippen LogP contribution in [0, 0.1) is 0 Å². The summed E-state index contributed by atoms with van der Waals surface area (Å²) in [6.45, 7) is 1.96. The fraction of sp³-hybridized carbons (Fsp3) is 0.333. The standard InChI is InChI=1S/C12H15N5O3/c1-4-20-12(19)9-6-14-17(3)10(9)15-11(18)8-5-13-16(2)7-8/h5-7H,4H2,1-3H3,(H,15,18). The minimum atomic E-state index is -0.526. The Bertz CT molecular complexity index is 643. The van der Waals surface area contributed by atoms with E-state index in [1.54, 1.807) is 27.2 Å². The number of rotatable bonds is 4. The van der Waals surface area contributed by atoms with E-state index in [0.29, 0.717) is 5.56 Å². The molecule has 0 aliphatic carbocycles. The fourth-order valence-corrected chi connectivity index (χ4v) is 1.66. The van der Waals surface area contributed by atoms with Crippen LogP contribution in [0.5, 0.6) is 0 Å². The first-order valence-corrected chi connectivity index (χ1v) is 6.02. The summed E-state index contributed by atoms with van der Waals surface area (Å²) in [5.74, 6) is -0.605. The topological polar surface area (TPSA) is 91.0 Å². The van der Waals surface area contributed by atoms with Crippen molar-refractivity contribution in [2.24, 2.45) is 14.1 Å².